The fourth-order valence-electron chi connectivity index (χ4n) is 5.01. The topological polar surface area (TPSA) is 46.2 Å². The SMILES string of the molecule is CCCCCC12CCC(c3ccc(C(N)CO)cc3)(CC1)CC2.Cl. The van der Waals surface area contributed by atoms with Crippen LogP contribution in [0.25, 0.3) is 0 Å². The molecule has 0 heterocycles. The smallest absolute Gasteiger partial charge is 0.0624 e. The van der Waals surface area contributed by atoms with Crippen LogP contribution in [0.2, 0.25) is 0 Å². The van der Waals surface area contributed by atoms with Crippen LogP contribution in [0, 0.1) is 5.41 Å². The number of fused-ring (bicyclic) bond motifs is 3. The van der Waals surface area contributed by atoms with Crippen LogP contribution in [0.4, 0.5) is 0 Å². The summed E-state index contributed by atoms with van der Waals surface area (Å²) in [5, 5.41) is 9.20. The first-order chi connectivity index (χ1) is 11.1. The molecular weight excluding hydrogens is 318 g/mol. The first-order valence-electron chi connectivity index (χ1n) is 9.60. The van der Waals surface area contributed by atoms with Gasteiger partial charge in [-0.2, -0.15) is 0 Å². The molecule has 4 rings (SSSR count). The first kappa shape index (κ1) is 19.8. The van der Waals surface area contributed by atoms with Gasteiger partial charge in [-0.25, -0.2) is 0 Å². The number of aliphatic hydroxyl groups is 1. The number of hydrogen-bond acceptors (Lipinski definition) is 2. The van der Waals surface area contributed by atoms with Crippen molar-refractivity contribution in [3.63, 3.8) is 0 Å². The van der Waals surface area contributed by atoms with Crippen LogP contribution in [0.5, 0.6) is 0 Å². The normalized spacial score (nSPS) is 30.0. The molecule has 0 aliphatic heterocycles. The van der Waals surface area contributed by atoms with Gasteiger partial charge in [0.25, 0.3) is 0 Å². The van der Waals surface area contributed by atoms with Crippen molar-refractivity contribution in [2.24, 2.45) is 11.1 Å². The van der Waals surface area contributed by atoms with Gasteiger partial charge >= 0.3 is 0 Å². The molecule has 136 valence electrons. The number of halogens is 1. The molecule has 3 saturated carbocycles. The minimum absolute atomic E-state index is 0. The number of unbranched alkanes of at least 4 members (excludes halogenated alkanes) is 2. The lowest BCUT2D eigenvalue weighted by Gasteiger charge is -2.54. The molecule has 2 nitrogen and oxygen atoms in total. The summed E-state index contributed by atoms with van der Waals surface area (Å²) in [7, 11) is 0. The second-order valence-corrected chi connectivity index (χ2v) is 8.15. The zero-order chi connectivity index (χ0) is 16.3. The van der Waals surface area contributed by atoms with Crippen molar-refractivity contribution >= 4 is 12.4 Å². The minimum atomic E-state index is -0.245. The average molecular weight is 352 g/mol. The van der Waals surface area contributed by atoms with Gasteiger partial charge in [-0.05, 0) is 66.9 Å². The molecule has 1 unspecified atom stereocenters. The van der Waals surface area contributed by atoms with Crippen molar-refractivity contribution in [1.29, 1.82) is 0 Å². The molecule has 0 aromatic heterocycles. The third-order valence-corrected chi connectivity index (χ3v) is 6.86. The third kappa shape index (κ3) is 3.81. The van der Waals surface area contributed by atoms with E-state index in [1.54, 1.807) is 0 Å². The Hall–Kier alpha value is -0.570. The van der Waals surface area contributed by atoms with E-state index in [-0.39, 0.29) is 25.1 Å². The molecule has 2 bridgehead atoms. The van der Waals surface area contributed by atoms with Crippen molar-refractivity contribution < 1.29 is 5.11 Å². The molecule has 0 amide bonds. The van der Waals surface area contributed by atoms with E-state index in [4.69, 9.17) is 5.73 Å². The van der Waals surface area contributed by atoms with Crippen molar-refractivity contribution in [3.05, 3.63) is 35.4 Å². The van der Waals surface area contributed by atoms with Gasteiger partial charge in [-0.15, -0.1) is 12.4 Å². The zero-order valence-corrected chi connectivity index (χ0v) is 15.9. The lowest BCUT2D eigenvalue weighted by Crippen LogP contribution is -2.44. The van der Waals surface area contributed by atoms with Crippen molar-refractivity contribution in [1.82, 2.24) is 0 Å². The molecule has 0 saturated heterocycles. The standard InChI is InChI=1S/C21H33NO.ClH/c1-2-3-4-9-20-10-13-21(14-11-20,15-12-20)18-7-5-17(6-8-18)19(22)16-23;/h5-8,19,23H,2-4,9-16,22H2,1H3;1H. The maximum absolute atomic E-state index is 9.20. The highest BCUT2D eigenvalue weighted by Gasteiger charge is 2.48. The van der Waals surface area contributed by atoms with Gasteiger partial charge in [0.05, 0.1) is 12.6 Å². The van der Waals surface area contributed by atoms with Crippen LogP contribution >= 0.6 is 12.4 Å². The summed E-state index contributed by atoms with van der Waals surface area (Å²) in [6.07, 6.45) is 14.0. The second-order valence-electron chi connectivity index (χ2n) is 8.15. The first-order valence-corrected chi connectivity index (χ1v) is 9.60. The molecule has 0 radical (unpaired) electrons. The van der Waals surface area contributed by atoms with Crippen LogP contribution in [0.3, 0.4) is 0 Å². The molecular formula is C21H34ClNO. The highest BCUT2D eigenvalue weighted by atomic mass is 35.5. The van der Waals surface area contributed by atoms with Gasteiger partial charge in [-0.1, -0.05) is 50.5 Å². The largest absolute Gasteiger partial charge is 0.394 e. The third-order valence-electron chi connectivity index (χ3n) is 6.86. The highest BCUT2D eigenvalue weighted by molar-refractivity contribution is 5.85. The fourth-order valence-corrected chi connectivity index (χ4v) is 5.01. The van der Waals surface area contributed by atoms with Gasteiger partial charge < -0.3 is 10.8 Å². The Labute approximate surface area is 153 Å². The minimum Gasteiger partial charge on any atom is -0.394 e. The lowest BCUT2D eigenvalue weighted by molar-refractivity contribution is 0.0305. The van der Waals surface area contributed by atoms with E-state index >= 15 is 0 Å². The highest BCUT2D eigenvalue weighted by Crippen LogP contribution is 2.59. The molecule has 1 atom stereocenters. The summed E-state index contributed by atoms with van der Waals surface area (Å²) in [5.74, 6) is 0. The Bertz CT molecular complexity index is 489. The summed E-state index contributed by atoms with van der Waals surface area (Å²) in [6, 6.07) is 8.57. The zero-order valence-electron chi connectivity index (χ0n) is 15.1. The van der Waals surface area contributed by atoms with Crippen molar-refractivity contribution in [3.8, 4) is 0 Å². The molecule has 3 heteroatoms. The van der Waals surface area contributed by atoms with E-state index in [1.165, 1.54) is 69.8 Å². The molecule has 1 aromatic rings. The van der Waals surface area contributed by atoms with E-state index in [0.29, 0.717) is 10.8 Å². The Morgan fingerprint density at radius 3 is 2.08 bits per heavy atom. The Balaban J connectivity index is 0.00000208. The predicted octanol–water partition coefficient (Wildman–Crippen LogP) is 5.27. The Morgan fingerprint density at radius 2 is 1.58 bits per heavy atom. The fraction of sp³-hybridized carbons (Fsp3) is 0.714. The monoisotopic (exact) mass is 351 g/mol. The van der Waals surface area contributed by atoms with Crippen LogP contribution in [-0.2, 0) is 5.41 Å². The molecule has 3 N–H and O–H groups in total. The number of rotatable bonds is 7. The molecule has 1 aromatic carbocycles. The van der Waals surface area contributed by atoms with E-state index in [2.05, 4.69) is 31.2 Å². The second kappa shape index (κ2) is 8.21. The average Bonchev–Trinajstić information content (AvgIpc) is 2.63. The number of aliphatic hydroxyl groups excluding tert-OH is 1. The van der Waals surface area contributed by atoms with Gasteiger partial charge in [0.1, 0.15) is 0 Å². The molecule has 0 spiro atoms. The lowest BCUT2D eigenvalue weighted by atomic mass is 9.51. The van der Waals surface area contributed by atoms with Crippen LogP contribution in [0.1, 0.15) is 88.3 Å². The van der Waals surface area contributed by atoms with Gasteiger partial charge in [0, 0.05) is 0 Å². The summed E-state index contributed by atoms with van der Waals surface area (Å²) in [4.78, 5) is 0. The summed E-state index contributed by atoms with van der Waals surface area (Å²) < 4.78 is 0. The van der Waals surface area contributed by atoms with E-state index in [0.717, 1.165) is 5.56 Å². The number of nitrogens with two attached hydrogens (primary N) is 1. The van der Waals surface area contributed by atoms with E-state index in [1.807, 2.05) is 0 Å². The Kier molecular flexibility index (Phi) is 6.75. The molecule has 3 aliphatic carbocycles. The summed E-state index contributed by atoms with van der Waals surface area (Å²) >= 11 is 0. The van der Waals surface area contributed by atoms with Crippen LogP contribution < -0.4 is 5.73 Å². The maximum atomic E-state index is 9.20. The summed E-state index contributed by atoms with van der Waals surface area (Å²) in [5.41, 5.74) is 9.58. The van der Waals surface area contributed by atoms with Gasteiger partial charge in [0.2, 0.25) is 0 Å². The van der Waals surface area contributed by atoms with Crippen LogP contribution in [0.15, 0.2) is 24.3 Å². The quantitative estimate of drug-likeness (QED) is 0.657. The number of hydrogen-bond donors (Lipinski definition) is 2. The predicted molar refractivity (Wildman–Crippen MR) is 104 cm³/mol. The summed E-state index contributed by atoms with van der Waals surface area (Å²) in [6.45, 7) is 2.32. The van der Waals surface area contributed by atoms with Crippen LogP contribution in [-0.4, -0.2) is 11.7 Å². The molecule has 24 heavy (non-hydrogen) atoms. The maximum Gasteiger partial charge on any atom is 0.0624 e. The molecule has 3 fully saturated rings. The van der Waals surface area contributed by atoms with Crippen molar-refractivity contribution in [2.75, 3.05) is 6.61 Å². The molecule has 3 aliphatic rings. The number of benzene rings is 1. The Morgan fingerprint density at radius 1 is 1.00 bits per heavy atom. The van der Waals surface area contributed by atoms with Gasteiger partial charge in [-0.3, -0.25) is 0 Å². The van der Waals surface area contributed by atoms with Crippen molar-refractivity contribution in [2.45, 2.75) is 82.6 Å². The van der Waals surface area contributed by atoms with Gasteiger partial charge in [0.15, 0.2) is 0 Å². The van der Waals surface area contributed by atoms with E-state index < -0.39 is 0 Å². The van der Waals surface area contributed by atoms with E-state index in [9.17, 15) is 5.11 Å².